The molecule has 0 aliphatic heterocycles. The third-order valence-corrected chi connectivity index (χ3v) is 8.63. The molecule has 0 radical (unpaired) electrons. The van der Waals surface area contributed by atoms with Crippen molar-refractivity contribution < 1.29 is 4.42 Å². The van der Waals surface area contributed by atoms with Crippen LogP contribution in [0.25, 0.3) is 84.3 Å². The Kier molecular flexibility index (Phi) is 6.68. The summed E-state index contributed by atoms with van der Waals surface area (Å²) in [6.07, 6.45) is 0. The maximum atomic E-state index is 6.00. The molecule has 6 aromatic carbocycles. The van der Waals surface area contributed by atoms with Gasteiger partial charge in [-0.2, -0.15) is 0 Å². The van der Waals surface area contributed by atoms with Crippen molar-refractivity contribution in [3.63, 3.8) is 0 Å². The van der Waals surface area contributed by atoms with Gasteiger partial charge >= 0.3 is 0 Å². The first-order valence-electron chi connectivity index (χ1n) is 15.8. The molecule has 0 unspecified atom stereocenters. The molecule has 48 heavy (non-hydrogen) atoms. The number of para-hydroxylation sites is 1. The summed E-state index contributed by atoms with van der Waals surface area (Å²) < 4.78 is 8.26. The van der Waals surface area contributed by atoms with Gasteiger partial charge in [0.2, 0.25) is 11.8 Å². The van der Waals surface area contributed by atoms with E-state index in [4.69, 9.17) is 14.4 Å². The molecular weight excluding hydrogens is 590 g/mol. The molecule has 226 valence electrons. The minimum Gasteiger partial charge on any atom is -0.416 e. The number of aromatic nitrogens is 5. The van der Waals surface area contributed by atoms with Crippen molar-refractivity contribution in [3.8, 4) is 62.5 Å². The first-order chi connectivity index (χ1) is 23.8. The highest BCUT2D eigenvalue weighted by atomic mass is 16.4. The zero-order valence-corrected chi connectivity index (χ0v) is 25.7. The van der Waals surface area contributed by atoms with E-state index in [1.54, 1.807) is 0 Å². The summed E-state index contributed by atoms with van der Waals surface area (Å²) in [4.78, 5) is 10.2. The first-order valence-corrected chi connectivity index (χ1v) is 15.8. The average molecular weight is 618 g/mol. The summed E-state index contributed by atoms with van der Waals surface area (Å²) in [6, 6.07) is 55.7. The van der Waals surface area contributed by atoms with Gasteiger partial charge in [0.05, 0.1) is 16.7 Å². The van der Waals surface area contributed by atoms with E-state index >= 15 is 0 Å². The second-order valence-corrected chi connectivity index (χ2v) is 11.6. The van der Waals surface area contributed by atoms with Crippen LogP contribution in [-0.2, 0) is 0 Å². The van der Waals surface area contributed by atoms with Crippen molar-refractivity contribution in [2.24, 2.45) is 0 Å². The Morgan fingerprint density at radius 3 is 1.65 bits per heavy atom. The summed E-state index contributed by atoms with van der Waals surface area (Å²) in [5.41, 5.74) is 8.97. The molecule has 0 bridgehead atoms. The van der Waals surface area contributed by atoms with Gasteiger partial charge in [0.1, 0.15) is 5.82 Å². The molecule has 0 aliphatic carbocycles. The fourth-order valence-electron chi connectivity index (χ4n) is 6.26. The fourth-order valence-corrected chi connectivity index (χ4v) is 6.26. The van der Waals surface area contributed by atoms with Crippen LogP contribution in [0.15, 0.2) is 168 Å². The van der Waals surface area contributed by atoms with E-state index in [-0.39, 0.29) is 0 Å². The molecule has 0 saturated carbocycles. The summed E-state index contributed by atoms with van der Waals surface area (Å²) in [5, 5.41) is 10.9. The minimum atomic E-state index is 0.489. The number of hydrogen-bond donors (Lipinski definition) is 0. The molecule has 6 heteroatoms. The van der Waals surface area contributed by atoms with Crippen LogP contribution >= 0.6 is 0 Å². The van der Waals surface area contributed by atoms with Gasteiger partial charge in [-0.25, -0.2) is 9.97 Å². The van der Waals surface area contributed by atoms with E-state index in [1.165, 1.54) is 5.39 Å². The molecule has 0 atom stereocenters. The fraction of sp³-hybridized carbons (Fsp3) is 0. The van der Waals surface area contributed by atoms with Gasteiger partial charge in [-0.05, 0) is 47.5 Å². The van der Waals surface area contributed by atoms with Crippen molar-refractivity contribution in [3.05, 3.63) is 164 Å². The van der Waals surface area contributed by atoms with E-state index in [0.717, 1.165) is 61.3 Å². The number of nitrogens with zero attached hydrogens (tertiary/aromatic N) is 5. The Balaban J connectivity index is 1.17. The highest BCUT2D eigenvalue weighted by Gasteiger charge is 2.17. The number of hydrogen-bond acceptors (Lipinski definition) is 5. The van der Waals surface area contributed by atoms with Gasteiger partial charge in [-0.3, -0.25) is 4.57 Å². The van der Waals surface area contributed by atoms with Crippen molar-refractivity contribution in [2.45, 2.75) is 0 Å². The molecule has 9 rings (SSSR count). The molecule has 6 nitrogen and oxygen atoms in total. The maximum absolute atomic E-state index is 6.00. The van der Waals surface area contributed by atoms with E-state index in [0.29, 0.717) is 17.6 Å². The summed E-state index contributed by atoms with van der Waals surface area (Å²) in [5.74, 6) is 2.49. The van der Waals surface area contributed by atoms with Gasteiger partial charge in [0.25, 0.3) is 0 Å². The number of benzene rings is 6. The molecule has 0 spiro atoms. The van der Waals surface area contributed by atoms with Crippen LogP contribution in [-0.4, -0.2) is 24.7 Å². The lowest BCUT2D eigenvalue weighted by Crippen LogP contribution is -2.02. The lowest BCUT2D eigenvalue weighted by atomic mass is 10.0. The van der Waals surface area contributed by atoms with Gasteiger partial charge in [0, 0.05) is 39.1 Å². The van der Waals surface area contributed by atoms with Crippen molar-refractivity contribution in [1.82, 2.24) is 24.7 Å². The summed E-state index contributed by atoms with van der Waals surface area (Å²) in [6.45, 7) is 0. The van der Waals surface area contributed by atoms with Crippen molar-refractivity contribution in [1.29, 1.82) is 0 Å². The Morgan fingerprint density at radius 2 is 0.938 bits per heavy atom. The van der Waals surface area contributed by atoms with E-state index in [1.807, 2.05) is 78.9 Å². The topological polar surface area (TPSA) is 69.6 Å². The molecule has 0 fully saturated rings. The van der Waals surface area contributed by atoms with Crippen LogP contribution < -0.4 is 0 Å². The van der Waals surface area contributed by atoms with Gasteiger partial charge in [-0.1, -0.05) is 121 Å². The Bertz CT molecular complexity index is 2480. The SMILES string of the molecule is c1ccc(-c2cc(-n3c4ccccc4c4ccc(-c5ccc(-c6nnc(-c7ccccc7)o6)cc5)cc43)nc(-c3ccccc3)n2)cc1. The zero-order valence-electron chi connectivity index (χ0n) is 25.7. The first kappa shape index (κ1) is 27.6. The molecule has 0 N–H and O–H groups in total. The van der Waals surface area contributed by atoms with Crippen molar-refractivity contribution in [2.75, 3.05) is 0 Å². The third kappa shape index (κ3) is 4.93. The predicted molar refractivity (Wildman–Crippen MR) is 191 cm³/mol. The Morgan fingerprint density at radius 1 is 0.396 bits per heavy atom. The number of rotatable bonds is 6. The smallest absolute Gasteiger partial charge is 0.248 e. The van der Waals surface area contributed by atoms with Gasteiger partial charge < -0.3 is 4.42 Å². The average Bonchev–Trinajstić information content (AvgIpc) is 3.79. The summed E-state index contributed by atoms with van der Waals surface area (Å²) >= 11 is 0. The minimum absolute atomic E-state index is 0.489. The van der Waals surface area contributed by atoms with Crippen LogP contribution in [0.4, 0.5) is 0 Å². The molecule has 3 aromatic heterocycles. The molecule has 0 amide bonds. The second-order valence-electron chi connectivity index (χ2n) is 11.6. The summed E-state index contributed by atoms with van der Waals surface area (Å²) in [7, 11) is 0. The highest BCUT2D eigenvalue weighted by molar-refractivity contribution is 6.10. The van der Waals surface area contributed by atoms with Crippen molar-refractivity contribution >= 4 is 21.8 Å². The highest BCUT2D eigenvalue weighted by Crippen LogP contribution is 2.36. The van der Waals surface area contributed by atoms with E-state index in [2.05, 4.69) is 99.7 Å². The normalized spacial score (nSPS) is 11.3. The Hall–Kier alpha value is -6.66. The second kappa shape index (κ2) is 11.6. The predicted octanol–water partition coefficient (Wildman–Crippen LogP) is 10.3. The van der Waals surface area contributed by atoms with E-state index < -0.39 is 0 Å². The Labute approximate surface area is 276 Å². The molecule has 0 aliphatic rings. The van der Waals surface area contributed by atoms with Gasteiger partial charge in [0.15, 0.2) is 5.82 Å². The molecule has 3 heterocycles. The molecule has 9 aromatic rings. The van der Waals surface area contributed by atoms with Gasteiger partial charge in [-0.15, -0.1) is 10.2 Å². The lowest BCUT2D eigenvalue weighted by molar-refractivity contribution is 0.584. The quantitative estimate of drug-likeness (QED) is 0.186. The monoisotopic (exact) mass is 617 g/mol. The standard InChI is InChI=1S/C42H27N5O/c1-4-12-29(13-5-1)36-27-39(44-40(43-36)30-14-6-2-7-15-30)47-37-19-11-10-18-34(37)35-25-24-33(26-38(35)47)28-20-22-32(23-21-28)42-46-45-41(48-42)31-16-8-3-9-17-31/h1-27H. The van der Waals surface area contributed by atoms with Crippen LogP contribution in [0.5, 0.6) is 0 Å². The number of fused-ring (bicyclic) bond motifs is 3. The largest absolute Gasteiger partial charge is 0.416 e. The van der Waals surface area contributed by atoms with Crippen LogP contribution in [0.3, 0.4) is 0 Å². The third-order valence-electron chi connectivity index (χ3n) is 8.63. The maximum Gasteiger partial charge on any atom is 0.248 e. The lowest BCUT2D eigenvalue weighted by Gasteiger charge is -2.12. The molecule has 0 saturated heterocycles. The van der Waals surface area contributed by atoms with E-state index in [9.17, 15) is 0 Å². The zero-order chi connectivity index (χ0) is 31.9. The van der Waals surface area contributed by atoms with Crippen LogP contribution in [0.1, 0.15) is 0 Å². The van der Waals surface area contributed by atoms with Crippen LogP contribution in [0.2, 0.25) is 0 Å². The van der Waals surface area contributed by atoms with Crippen LogP contribution in [0, 0.1) is 0 Å². The molecular formula is C42H27N5O.